The highest BCUT2D eigenvalue weighted by molar-refractivity contribution is 5.95. The zero-order chi connectivity index (χ0) is 13.1. The summed E-state index contributed by atoms with van der Waals surface area (Å²) in [5.74, 6) is 1.36. The molecule has 18 heavy (non-hydrogen) atoms. The minimum absolute atomic E-state index is 0.0398. The molecule has 1 heterocycles. The normalized spacial score (nSPS) is 10.6. The highest BCUT2D eigenvalue weighted by Crippen LogP contribution is 2.14. The van der Waals surface area contributed by atoms with E-state index in [1.807, 2.05) is 19.1 Å². The third kappa shape index (κ3) is 2.70. The van der Waals surface area contributed by atoms with Crippen molar-refractivity contribution < 1.29 is 9.21 Å². The number of carbonyl (C=O) groups is 1. The van der Waals surface area contributed by atoms with Crippen LogP contribution in [0.25, 0.3) is 0 Å². The van der Waals surface area contributed by atoms with Gasteiger partial charge in [0.2, 0.25) is 5.78 Å². The minimum atomic E-state index is 0.0398. The standard InChI is InChI=1S/C16H18O2/c1-4-14-7-8-16(18-14)15(17)10-13-6-5-11(2)12(3)9-13/h5-9H,4,10H2,1-3H3. The molecule has 1 aromatic carbocycles. The minimum Gasteiger partial charge on any atom is -0.458 e. The van der Waals surface area contributed by atoms with Crippen LogP contribution in [0.5, 0.6) is 0 Å². The van der Waals surface area contributed by atoms with E-state index in [2.05, 4.69) is 26.0 Å². The Balaban J connectivity index is 2.13. The Morgan fingerprint density at radius 1 is 1.11 bits per heavy atom. The van der Waals surface area contributed by atoms with E-state index in [1.54, 1.807) is 6.07 Å². The van der Waals surface area contributed by atoms with Gasteiger partial charge in [-0.3, -0.25) is 4.79 Å². The van der Waals surface area contributed by atoms with Crippen molar-refractivity contribution in [3.8, 4) is 0 Å². The van der Waals surface area contributed by atoms with Crippen molar-refractivity contribution in [2.75, 3.05) is 0 Å². The third-order valence-corrected chi connectivity index (χ3v) is 3.22. The summed E-state index contributed by atoms with van der Waals surface area (Å²) in [5, 5.41) is 0. The number of Topliss-reactive ketones (excluding diaryl/α,β-unsaturated/α-hetero) is 1. The first-order valence-corrected chi connectivity index (χ1v) is 6.28. The summed E-state index contributed by atoms with van der Waals surface area (Å²) < 4.78 is 5.47. The van der Waals surface area contributed by atoms with Crippen LogP contribution >= 0.6 is 0 Å². The van der Waals surface area contributed by atoms with Crippen LogP contribution in [-0.4, -0.2) is 5.78 Å². The molecule has 0 atom stereocenters. The van der Waals surface area contributed by atoms with Crippen LogP contribution < -0.4 is 0 Å². The van der Waals surface area contributed by atoms with E-state index in [4.69, 9.17) is 4.42 Å². The average molecular weight is 242 g/mol. The van der Waals surface area contributed by atoms with Gasteiger partial charge in [-0.15, -0.1) is 0 Å². The van der Waals surface area contributed by atoms with E-state index in [9.17, 15) is 4.79 Å². The molecule has 2 aromatic rings. The molecule has 0 aliphatic carbocycles. The van der Waals surface area contributed by atoms with Gasteiger partial charge >= 0.3 is 0 Å². The van der Waals surface area contributed by atoms with Gasteiger partial charge in [0.15, 0.2) is 5.76 Å². The third-order valence-electron chi connectivity index (χ3n) is 3.22. The van der Waals surface area contributed by atoms with Crippen LogP contribution in [0, 0.1) is 13.8 Å². The van der Waals surface area contributed by atoms with E-state index in [0.29, 0.717) is 12.2 Å². The second kappa shape index (κ2) is 5.21. The Hall–Kier alpha value is -1.83. The molecule has 0 aliphatic heterocycles. The van der Waals surface area contributed by atoms with Gasteiger partial charge in [-0.25, -0.2) is 0 Å². The summed E-state index contributed by atoms with van der Waals surface area (Å²) in [5.41, 5.74) is 3.50. The molecule has 0 saturated carbocycles. The Kier molecular flexibility index (Phi) is 3.66. The van der Waals surface area contributed by atoms with Crippen molar-refractivity contribution in [1.82, 2.24) is 0 Å². The molecule has 0 N–H and O–H groups in total. The first-order valence-electron chi connectivity index (χ1n) is 6.28. The van der Waals surface area contributed by atoms with E-state index in [-0.39, 0.29) is 5.78 Å². The van der Waals surface area contributed by atoms with Crippen molar-refractivity contribution in [1.29, 1.82) is 0 Å². The van der Waals surface area contributed by atoms with Crippen molar-refractivity contribution in [2.24, 2.45) is 0 Å². The molecule has 0 unspecified atom stereocenters. The number of benzene rings is 1. The first kappa shape index (κ1) is 12.6. The maximum atomic E-state index is 12.0. The largest absolute Gasteiger partial charge is 0.458 e. The predicted octanol–water partition coefficient (Wildman–Crippen LogP) is 3.88. The second-order valence-electron chi connectivity index (χ2n) is 4.64. The van der Waals surface area contributed by atoms with Gasteiger partial charge in [-0.1, -0.05) is 25.1 Å². The molecule has 0 fully saturated rings. The van der Waals surface area contributed by atoms with Gasteiger partial charge in [0.25, 0.3) is 0 Å². The lowest BCUT2D eigenvalue weighted by atomic mass is 10.0. The maximum absolute atomic E-state index is 12.0. The van der Waals surface area contributed by atoms with E-state index < -0.39 is 0 Å². The fourth-order valence-corrected chi connectivity index (χ4v) is 1.90. The SMILES string of the molecule is CCc1ccc(C(=O)Cc2ccc(C)c(C)c2)o1. The molecule has 1 aromatic heterocycles. The molecule has 0 spiro atoms. The predicted molar refractivity (Wildman–Crippen MR) is 72.0 cm³/mol. The Morgan fingerprint density at radius 3 is 2.50 bits per heavy atom. The fraction of sp³-hybridized carbons (Fsp3) is 0.312. The van der Waals surface area contributed by atoms with E-state index in [0.717, 1.165) is 17.7 Å². The van der Waals surface area contributed by atoms with Crippen LogP contribution in [0.4, 0.5) is 0 Å². The number of furan rings is 1. The summed E-state index contributed by atoms with van der Waals surface area (Å²) in [6.07, 6.45) is 1.22. The molecule has 2 rings (SSSR count). The van der Waals surface area contributed by atoms with Gasteiger partial charge in [0.1, 0.15) is 5.76 Å². The molecular formula is C16H18O2. The summed E-state index contributed by atoms with van der Waals surface area (Å²) in [6.45, 7) is 6.14. The van der Waals surface area contributed by atoms with Crippen molar-refractivity contribution in [2.45, 2.75) is 33.6 Å². The van der Waals surface area contributed by atoms with E-state index >= 15 is 0 Å². The summed E-state index contributed by atoms with van der Waals surface area (Å²) in [4.78, 5) is 12.0. The fourth-order valence-electron chi connectivity index (χ4n) is 1.90. The van der Waals surface area contributed by atoms with Crippen LogP contribution in [0.2, 0.25) is 0 Å². The lowest BCUT2D eigenvalue weighted by Gasteiger charge is -2.03. The molecule has 2 nitrogen and oxygen atoms in total. The van der Waals surface area contributed by atoms with Crippen LogP contribution in [-0.2, 0) is 12.8 Å². The lowest BCUT2D eigenvalue weighted by Crippen LogP contribution is -2.02. The van der Waals surface area contributed by atoms with E-state index in [1.165, 1.54) is 11.1 Å². The monoisotopic (exact) mass is 242 g/mol. The van der Waals surface area contributed by atoms with Crippen LogP contribution in [0.1, 0.15) is 39.9 Å². The molecular weight excluding hydrogens is 224 g/mol. The molecule has 0 radical (unpaired) electrons. The quantitative estimate of drug-likeness (QED) is 0.761. The Bertz CT molecular complexity index is 564. The molecule has 0 amide bonds. The number of carbonyl (C=O) groups excluding carboxylic acids is 1. The zero-order valence-corrected chi connectivity index (χ0v) is 11.1. The summed E-state index contributed by atoms with van der Waals surface area (Å²) >= 11 is 0. The zero-order valence-electron chi connectivity index (χ0n) is 11.1. The number of ketones is 1. The van der Waals surface area contributed by atoms with Crippen molar-refractivity contribution >= 4 is 5.78 Å². The molecule has 0 bridgehead atoms. The first-order chi connectivity index (χ1) is 8.60. The molecule has 0 aliphatic rings. The highest BCUT2D eigenvalue weighted by atomic mass is 16.3. The second-order valence-corrected chi connectivity index (χ2v) is 4.64. The summed E-state index contributed by atoms with van der Waals surface area (Å²) in [7, 11) is 0. The van der Waals surface area contributed by atoms with Gasteiger partial charge in [0, 0.05) is 12.8 Å². The van der Waals surface area contributed by atoms with Crippen molar-refractivity contribution in [3.63, 3.8) is 0 Å². The molecule has 0 saturated heterocycles. The van der Waals surface area contributed by atoms with Gasteiger partial charge in [0.05, 0.1) is 0 Å². The highest BCUT2D eigenvalue weighted by Gasteiger charge is 2.11. The lowest BCUT2D eigenvalue weighted by molar-refractivity contribution is 0.0965. The van der Waals surface area contributed by atoms with Gasteiger partial charge in [-0.05, 0) is 42.7 Å². The molecule has 2 heteroatoms. The van der Waals surface area contributed by atoms with Gasteiger partial charge < -0.3 is 4.42 Å². The Labute approximate surface area is 108 Å². The smallest absolute Gasteiger partial charge is 0.202 e. The maximum Gasteiger partial charge on any atom is 0.202 e. The average Bonchev–Trinajstić information content (AvgIpc) is 2.82. The van der Waals surface area contributed by atoms with Crippen molar-refractivity contribution in [3.05, 3.63) is 58.5 Å². The van der Waals surface area contributed by atoms with Gasteiger partial charge in [-0.2, -0.15) is 0 Å². The molecule has 94 valence electrons. The number of hydrogen-bond acceptors (Lipinski definition) is 2. The number of rotatable bonds is 4. The van der Waals surface area contributed by atoms with Crippen LogP contribution in [0.3, 0.4) is 0 Å². The number of aryl methyl sites for hydroxylation is 3. The topological polar surface area (TPSA) is 30.2 Å². The number of hydrogen-bond donors (Lipinski definition) is 0. The summed E-state index contributed by atoms with van der Waals surface area (Å²) in [6, 6.07) is 9.76. The Morgan fingerprint density at radius 2 is 1.89 bits per heavy atom. The van der Waals surface area contributed by atoms with Crippen LogP contribution in [0.15, 0.2) is 34.7 Å².